The Morgan fingerprint density at radius 2 is 2.09 bits per heavy atom. The molecule has 0 aliphatic carbocycles. The normalized spacial score (nSPS) is 12.0. The van der Waals surface area contributed by atoms with Gasteiger partial charge in [-0.2, -0.15) is 0 Å². The molecule has 0 aliphatic heterocycles. The van der Waals surface area contributed by atoms with E-state index in [1.165, 1.54) is 0 Å². The number of anilines is 1. The monoisotopic (exact) mass is 333 g/mol. The molecular weight excluding hydrogens is 310 g/mol. The summed E-state index contributed by atoms with van der Waals surface area (Å²) in [5, 5.41) is 2.91. The first-order valence-corrected chi connectivity index (χ1v) is 8.30. The molecule has 2 rings (SSSR count). The molecule has 0 spiro atoms. The lowest BCUT2D eigenvalue weighted by atomic mass is 10.1. The molecule has 124 valence electrons. The molecule has 1 amide bonds. The number of hydrogen-bond acceptors (Lipinski definition) is 5. The number of nitrogens with zero attached hydrogens (tertiary/aromatic N) is 3. The van der Waals surface area contributed by atoms with E-state index in [0.717, 1.165) is 16.4 Å². The van der Waals surface area contributed by atoms with Crippen molar-refractivity contribution in [3.05, 3.63) is 45.9 Å². The van der Waals surface area contributed by atoms with Crippen molar-refractivity contribution in [2.24, 2.45) is 0 Å². The van der Waals surface area contributed by atoms with Gasteiger partial charge in [0, 0.05) is 44.9 Å². The Kier molecular flexibility index (Phi) is 5.74. The number of ether oxygens (including phenoxy) is 1. The van der Waals surface area contributed by atoms with Crippen LogP contribution in [0.15, 0.2) is 29.6 Å². The maximum atomic E-state index is 12.6. The maximum absolute atomic E-state index is 12.6. The fourth-order valence-electron chi connectivity index (χ4n) is 2.14. The molecule has 0 aliphatic rings. The van der Waals surface area contributed by atoms with Crippen LogP contribution in [0.3, 0.4) is 0 Å². The molecule has 5 nitrogen and oxygen atoms in total. The Labute approximate surface area is 141 Å². The predicted octanol–water partition coefficient (Wildman–Crippen LogP) is 3.19. The van der Waals surface area contributed by atoms with Crippen LogP contribution >= 0.6 is 11.3 Å². The van der Waals surface area contributed by atoms with Crippen LogP contribution in [0.25, 0.3) is 0 Å². The first kappa shape index (κ1) is 17.4. The van der Waals surface area contributed by atoms with Crippen molar-refractivity contribution in [2.45, 2.75) is 19.6 Å². The fourth-order valence-corrected chi connectivity index (χ4v) is 2.98. The van der Waals surface area contributed by atoms with Gasteiger partial charge in [-0.25, -0.2) is 4.98 Å². The number of thiazole rings is 1. The number of methoxy groups -OCH3 is 1. The summed E-state index contributed by atoms with van der Waals surface area (Å²) in [6.07, 6.45) is -0.0217. The van der Waals surface area contributed by atoms with E-state index in [1.54, 1.807) is 30.4 Å². The van der Waals surface area contributed by atoms with Gasteiger partial charge in [0.15, 0.2) is 0 Å². The second-order valence-corrected chi connectivity index (χ2v) is 6.55. The van der Waals surface area contributed by atoms with E-state index in [0.29, 0.717) is 12.1 Å². The van der Waals surface area contributed by atoms with E-state index in [4.69, 9.17) is 4.74 Å². The van der Waals surface area contributed by atoms with Crippen LogP contribution in [0, 0.1) is 0 Å². The smallest absolute Gasteiger partial charge is 0.254 e. The molecule has 0 saturated carbocycles. The Hall–Kier alpha value is -1.92. The average Bonchev–Trinajstić information content (AvgIpc) is 3.01. The summed E-state index contributed by atoms with van der Waals surface area (Å²) >= 11 is 1.56. The molecular formula is C17H23N3O2S. The molecule has 0 radical (unpaired) electrons. The lowest BCUT2D eigenvalue weighted by molar-refractivity contribution is 0.0783. The first-order valence-electron chi connectivity index (χ1n) is 7.42. The topological polar surface area (TPSA) is 45.7 Å². The molecule has 1 atom stereocenters. The van der Waals surface area contributed by atoms with Gasteiger partial charge >= 0.3 is 0 Å². The third-order valence-corrected chi connectivity index (χ3v) is 4.68. The third-order valence-electron chi connectivity index (χ3n) is 3.63. The van der Waals surface area contributed by atoms with Crippen molar-refractivity contribution in [3.8, 4) is 0 Å². The van der Waals surface area contributed by atoms with Crippen molar-refractivity contribution in [2.75, 3.05) is 33.2 Å². The van der Waals surface area contributed by atoms with Crippen LogP contribution in [0.5, 0.6) is 0 Å². The van der Waals surface area contributed by atoms with Crippen molar-refractivity contribution in [3.63, 3.8) is 0 Å². The van der Waals surface area contributed by atoms with E-state index in [9.17, 15) is 4.79 Å². The zero-order chi connectivity index (χ0) is 17.0. The van der Waals surface area contributed by atoms with Crippen molar-refractivity contribution >= 4 is 22.9 Å². The molecule has 0 N–H and O–H groups in total. The van der Waals surface area contributed by atoms with Gasteiger partial charge < -0.3 is 14.5 Å². The second-order valence-electron chi connectivity index (χ2n) is 5.66. The second kappa shape index (κ2) is 7.57. The van der Waals surface area contributed by atoms with Gasteiger partial charge in [-0.3, -0.25) is 4.79 Å². The largest absolute Gasteiger partial charge is 0.378 e. The summed E-state index contributed by atoms with van der Waals surface area (Å²) in [6, 6.07) is 7.62. The molecule has 0 bridgehead atoms. The van der Waals surface area contributed by atoms with Gasteiger partial charge in [-0.05, 0) is 25.1 Å². The minimum atomic E-state index is -0.0217. The van der Waals surface area contributed by atoms with Gasteiger partial charge in [0.25, 0.3) is 5.91 Å². The van der Waals surface area contributed by atoms with Crippen LogP contribution in [-0.2, 0) is 11.3 Å². The van der Waals surface area contributed by atoms with E-state index in [-0.39, 0.29) is 12.0 Å². The third kappa shape index (κ3) is 4.30. The van der Waals surface area contributed by atoms with Crippen molar-refractivity contribution in [1.82, 2.24) is 9.88 Å². The molecule has 1 aromatic heterocycles. The lowest BCUT2D eigenvalue weighted by Gasteiger charge is -2.18. The van der Waals surface area contributed by atoms with Crippen LogP contribution in [-0.4, -0.2) is 44.0 Å². The first-order chi connectivity index (χ1) is 10.9. The SMILES string of the molecule is CO[C@H](C)c1nc(CN(C)C(=O)c2cccc(N(C)C)c2)cs1. The number of carbonyl (C=O) groups is 1. The molecule has 0 unspecified atom stereocenters. The highest BCUT2D eigenvalue weighted by Gasteiger charge is 2.15. The number of benzene rings is 1. The Morgan fingerprint density at radius 1 is 1.35 bits per heavy atom. The minimum absolute atomic E-state index is 0.0111. The zero-order valence-electron chi connectivity index (χ0n) is 14.2. The summed E-state index contributed by atoms with van der Waals surface area (Å²) in [6.45, 7) is 2.45. The van der Waals surface area contributed by atoms with Crippen LogP contribution in [0.2, 0.25) is 0 Å². The Morgan fingerprint density at radius 3 is 2.74 bits per heavy atom. The van der Waals surface area contributed by atoms with Crippen LogP contribution in [0.1, 0.15) is 34.1 Å². The lowest BCUT2D eigenvalue weighted by Crippen LogP contribution is -2.26. The van der Waals surface area contributed by atoms with Gasteiger partial charge in [0.1, 0.15) is 11.1 Å². The number of hydrogen-bond donors (Lipinski definition) is 0. The summed E-state index contributed by atoms with van der Waals surface area (Å²) in [7, 11) is 7.38. The zero-order valence-corrected chi connectivity index (χ0v) is 15.1. The van der Waals surface area contributed by atoms with E-state index >= 15 is 0 Å². The molecule has 2 aromatic rings. The molecule has 1 heterocycles. The van der Waals surface area contributed by atoms with Gasteiger partial charge in [-0.1, -0.05) is 6.07 Å². The number of rotatable bonds is 6. The molecule has 0 fully saturated rings. The van der Waals surface area contributed by atoms with E-state index in [2.05, 4.69) is 4.98 Å². The highest BCUT2D eigenvalue weighted by molar-refractivity contribution is 7.09. The van der Waals surface area contributed by atoms with Crippen LogP contribution in [0.4, 0.5) is 5.69 Å². The Bertz CT molecular complexity index is 669. The molecule has 23 heavy (non-hydrogen) atoms. The molecule has 6 heteroatoms. The summed E-state index contributed by atoms with van der Waals surface area (Å²) in [5.41, 5.74) is 2.57. The van der Waals surface area contributed by atoms with Gasteiger partial charge in [-0.15, -0.1) is 11.3 Å². The summed E-state index contributed by atoms with van der Waals surface area (Å²) in [5.74, 6) is -0.0111. The van der Waals surface area contributed by atoms with Gasteiger partial charge in [0.05, 0.1) is 12.2 Å². The average molecular weight is 333 g/mol. The highest BCUT2D eigenvalue weighted by atomic mass is 32.1. The van der Waals surface area contributed by atoms with Crippen LogP contribution < -0.4 is 4.90 Å². The summed E-state index contributed by atoms with van der Waals surface area (Å²) < 4.78 is 5.27. The number of carbonyl (C=O) groups excluding carboxylic acids is 1. The quantitative estimate of drug-likeness (QED) is 0.814. The fraction of sp³-hybridized carbons (Fsp3) is 0.412. The number of aromatic nitrogens is 1. The predicted molar refractivity (Wildman–Crippen MR) is 94.1 cm³/mol. The maximum Gasteiger partial charge on any atom is 0.254 e. The Balaban J connectivity index is 2.08. The van der Waals surface area contributed by atoms with Crippen molar-refractivity contribution in [1.29, 1.82) is 0 Å². The van der Waals surface area contributed by atoms with Crippen molar-refractivity contribution < 1.29 is 9.53 Å². The number of amides is 1. The summed E-state index contributed by atoms with van der Waals surface area (Å²) in [4.78, 5) is 20.8. The standard InChI is InChI=1S/C17H23N3O2S/c1-12(22-5)16-18-14(11-23-16)10-20(4)17(21)13-7-6-8-15(9-13)19(2)3/h6-9,11-12H,10H2,1-5H3/t12-/m1/s1. The molecule has 0 saturated heterocycles. The van der Waals surface area contributed by atoms with E-state index in [1.807, 2.05) is 55.6 Å². The minimum Gasteiger partial charge on any atom is -0.378 e. The molecule has 1 aromatic carbocycles. The van der Waals surface area contributed by atoms with Gasteiger partial charge in [0.2, 0.25) is 0 Å². The highest BCUT2D eigenvalue weighted by Crippen LogP contribution is 2.21. The van der Waals surface area contributed by atoms with E-state index < -0.39 is 0 Å².